The molecule has 0 fully saturated rings. The zero-order valence-corrected chi connectivity index (χ0v) is 16.2. The molecule has 2 aromatic carbocycles. The fourth-order valence-corrected chi connectivity index (χ4v) is 3.51. The molecule has 0 saturated heterocycles. The molecule has 1 aromatic heterocycles. The number of aryl methyl sites for hydroxylation is 2. The molecule has 0 bridgehead atoms. The van der Waals surface area contributed by atoms with Crippen LogP contribution in [-0.2, 0) is 4.79 Å². The van der Waals surface area contributed by atoms with Gasteiger partial charge in [0.15, 0.2) is 5.16 Å². The van der Waals surface area contributed by atoms with Crippen LogP contribution in [0.5, 0.6) is 0 Å². The Hall–Kier alpha value is -2.86. The SMILES string of the molecule is C=CCNC(=O)CSc1nc2ccccc2c(=O)n1-c1ccc(C)c(C)c1. The topological polar surface area (TPSA) is 64.0 Å². The van der Waals surface area contributed by atoms with Crippen molar-refractivity contribution in [3.8, 4) is 5.69 Å². The molecule has 6 heteroatoms. The second kappa shape index (κ2) is 8.22. The molecule has 0 aliphatic carbocycles. The largest absolute Gasteiger partial charge is 0.352 e. The molecular formula is C21H21N3O2S. The third-order valence-corrected chi connectivity index (χ3v) is 5.21. The molecule has 138 valence electrons. The maximum absolute atomic E-state index is 13.2. The third-order valence-electron chi connectivity index (χ3n) is 4.27. The van der Waals surface area contributed by atoms with E-state index in [0.717, 1.165) is 16.8 Å². The molecule has 3 rings (SSSR count). The zero-order chi connectivity index (χ0) is 19.4. The van der Waals surface area contributed by atoms with Crippen LogP contribution in [0, 0.1) is 13.8 Å². The van der Waals surface area contributed by atoms with Crippen molar-refractivity contribution in [1.29, 1.82) is 0 Å². The minimum atomic E-state index is -0.141. The van der Waals surface area contributed by atoms with E-state index in [-0.39, 0.29) is 17.2 Å². The third kappa shape index (κ3) is 4.11. The lowest BCUT2D eigenvalue weighted by Crippen LogP contribution is -2.26. The molecule has 0 saturated carbocycles. The summed E-state index contributed by atoms with van der Waals surface area (Å²) in [4.78, 5) is 29.8. The predicted molar refractivity (Wildman–Crippen MR) is 111 cm³/mol. The molecule has 1 amide bonds. The quantitative estimate of drug-likeness (QED) is 0.405. The van der Waals surface area contributed by atoms with Crippen molar-refractivity contribution in [2.24, 2.45) is 0 Å². The van der Waals surface area contributed by atoms with Gasteiger partial charge >= 0.3 is 0 Å². The molecule has 0 unspecified atom stereocenters. The maximum Gasteiger partial charge on any atom is 0.266 e. The van der Waals surface area contributed by atoms with Crippen LogP contribution in [0.3, 0.4) is 0 Å². The van der Waals surface area contributed by atoms with Crippen molar-refractivity contribution in [2.75, 3.05) is 12.3 Å². The summed E-state index contributed by atoms with van der Waals surface area (Å²) in [6.07, 6.45) is 1.63. The Morgan fingerprint density at radius 2 is 2.00 bits per heavy atom. The normalized spacial score (nSPS) is 10.7. The van der Waals surface area contributed by atoms with Crippen LogP contribution in [-0.4, -0.2) is 27.8 Å². The second-order valence-electron chi connectivity index (χ2n) is 6.20. The standard InChI is InChI=1S/C21H21N3O2S/c1-4-11-22-19(25)13-27-21-23-18-8-6-5-7-17(18)20(26)24(21)16-10-9-14(2)15(3)12-16/h4-10,12H,1,11,13H2,2-3H3,(H,22,25). The lowest BCUT2D eigenvalue weighted by molar-refractivity contribution is -0.118. The van der Waals surface area contributed by atoms with E-state index < -0.39 is 0 Å². The van der Waals surface area contributed by atoms with Crippen LogP contribution in [0.25, 0.3) is 16.6 Å². The molecule has 0 radical (unpaired) electrons. The van der Waals surface area contributed by atoms with Gasteiger partial charge in [-0.1, -0.05) is 36.0 Å². The van der Waals surface area contributed by atoms with Crippen LogP contribution in [0.1, 0.15) is 11.1 Å². The van der Waals surface area contributed by atoms with Gasteiger partial charge in [-0.3, -0.25) is 14.2 Å². The van der Waals surface area contributed by atoms with Crippen LogP contribution in [0.2, 0.25) is 0 Å². The highest BCUT2D eigenvalue weighted by atomic mass is 32.2. The van der Waals surface area contributed by atoms with E-state index in [1.165, 1.54) is 11.8 Å². The Labute approximate surface area is 162 Å². The molecule has 3 aromatic rings. The van der Waals surface area contributed by atoms with Gasteiger partial charge in [0.1, 0.15) is 0 Å². The first-order valence-electron chi connectivity index (χ1n) is 8.61. The average Bonchev–Trinajstić information content (AvgIpc) is 2.67. The highest BCUT2D eigenvalue weighted by molar-refractivity contribution is 7.99. The molecule has 27 heavy (non-hydrogen) atoms. The summed E-state index contributed by atoms with van der Waals surface area (Å²) in [6.45, 7) is 8.03. The summed E-state index contributed by atoms with van der Waals surface area (Å²) >= 11 is 1.24. The van der Waals surface area contributed by atoms with Crippen LogP contribution >= 0.6 is 11.8 Å². The van der Waals surface area contributed by atoms with Crippen molar-refractivity contribution < 1.29 is 4.79 Å². The monoisotopic (exact) mass is 379 g/mol. The van der Waals surface area contributed by atoms with Crippen molar-refractivity contribution in [2.45, 2.75) is 19.0 Å². The Bertz CT molecular complexity index is 1070. The number of benzene rings is 2. The van der Waals surface area contributed by atoms with Crippen molar-refractivity contribution >= 4 is 28.6 Å². The number of nitrogens with one attached hydrogen (secondary N) is 1. The number of nitrogens with zero attached hydrogens (tertiary/aromatic N) is 2. The van der Waals surface area contributed by atoms with Gasteiger partial charge in [0.05, 0.1) is 22.3 Å². The van der Waals surface area contributed by atoms with Crippen LogP contribution in [0.15, 0.2) is 65.1 Å². The highest BCUT2D eigenvalue weighted by Gasteiger charge is 2.15. The van der Waals surface area contributed by atoms with Gasteiger partial charge in [-0.2, -0.15) is 0 Å². The Morgan fingerprint density at radius 1 is 1.22 bits per heavy atom. The lowest BCUT2D eigenvalue weighted by atomic mass is 10.1. The van der Waals surface area contributed by atoms with Gasteiger partial charge in [-0.15, -0.1) is 6.58 Å². The second-order valence-corrected chi connectivity index (χ2v) is 7.14. The van der Waals surface area contributed by atoms with Crippen LogP contribution < -0.4 is 10.9 Å². The summed E-state index contributed by atoms with van der Waals surface area (Å²) < 4.78 is 1.58. The number of aromatic nitrogens is 2. The van der Waals surface area contributed by atoms with E-state index in [9.17, 15) is 9.59 Å². The molecule has 1 heterocycles. The number of carbonyl (C=O) groups excluding carboxylic acids is 1. The molecule has 0 aliphatic heterocycles. The maximum atomic E-state index is 13.2. The van der Waals surface area contributed by atoms with Gasteiger partial charge in [0.2, 0.25) is 5.91 Å². The van der Waals surface area contributed by atoms with E-state index in [4.69, 9.17) is 0 Å². The first-order chi connectivity index (χ1) is 13.0. The van der Waals surface area contributed by atoms with Crippen molar-refractivity contribution in [3.63, 3.8) is 0 Å². The average molecular weight is 379 g/mol. The summed E-state index contributed by atoms with van der Waals surface area (Å²) in [7, 11) is 0. The molecule has 5 nitrogen and oxygen atoms in total. The van der Waals surface area contributed by atoms with E-state index in [0.29, 0.717) is 22.6 Å². The predicted octanol–water partition coefficient (Wildman–Crippen LogP) is 3.40. The Balaban J connectivity index is 2.09. The summed E-state index contributed by atoms with van der Waals surface area (Å²) in [6, 6.07) is 13.1. The number of thioether (sulfide) groups is 1. The van der Waals surface area contributed by atoms with E-state index >= 15 is 0 Å². The lowest BCUT2D eigenvalue weighted by Gasteiger charge is -2.14. The van der Waals surface area contributed by atoms with Crippen molar-refractivity contribution in [3.05, 3.63) is 76.6 Å². The summed E-state index contributed by atoms with van der Waals surface area (Å²) in [5, 5.41) is 3.79. The van der Waals surface area contributed by atoms with E-state index in [1.807, 2.05) is 50.2 Å². The molecule has 1 N–H and O–H groups in total. The molecule has 0 atom stereocenters. The zero-order valence-electron chi connectivity index (χ0n) is 15.4. The van der Waals surface area contributed by atoms with Crippen LogP contribution in [0.4, 0.5) is 0 Å². The Kier molecular flexibility index (Phi) is 5.76. The van der Waals surface area contributed by atoms with Gasteiger partial charge in [-0.05, 0) is 49.2 Å². The van der Waals surface area contributed by atoms with Crippen molar-refractivity contribution in [1.82, 2.24) is 14.9 Å². The molecule has 0 aliphatic rings. The minimum absolute atomic E-state index is 0.131. The van der Waals surface area contributed by atoms with E-state index in [2.05, 4.69) is 16.9 Å². The fourth-order valence-electron chi connectivity index (χ4n) is 2.67. The number of fused-ring (bicyclic) bond motifs is 1. The summed E-state index contributed by atoms with van der Waals surface area (Å²) in [5.41, 5.74) is 3.47. The van der Waals surface area contributed by atoms with Gasteiger partial charge in [-0.25, -0.2) is 4.98 Å². The first kappa shape index (κ1) is 18.9. The van der Waals surface area contributed by atoms with Gasteiger partial charge in [0.25, 0.3) is 5.56 Å². The highest BCUT2D eigenvalue weighted by Crippen LogP contribution is 2.22. The number of amides is 1. The minimum Gasteiger partial charge on any atom is -0.352 e. The number of hydrogen-bond acceptors (Lipinski definition) is 4. The van der Waals surface area contributed by atoms with Gasteiger partial charge in [0, 0.05) is 6.54 Å². The first-order valence-corrected chi connectivity index (χ1v) is 9.59. The molecule has 0 spiro atoms. The molecular weight excluding hydrogens is 358 g/mol. The number of rotatable bonds is 6. The van der Waals surface area contributed by atoms with E-state index in [1.54, 1.807) is 16.7 Å². The number of hydrogen-bond donors (Lipinski definition) is 1. The smallest absolute Gasteiger partial charge is 0.266 e. The Morgan fingerprint density at radius 3 is 2.74 bits per heavy atom. The number of carbonyl (C=O) groups is 1. The number of para-hydroxylation sites is 1. The van der Waals surface area contributed by atoms with Gasteiger partial charge < -0.3 is 5.32 Å². The fraction of sp³-hybridized carbons (Fsp3) is 0.190. The summed E-state index contributed by atoms with van der Waals surface area (Å²) in [5.74, 6) is 0.0395.